The highest BCUT2D eigenvalue weighted by Crippen LogP contribution is 2.14. The molecule has 0 amide bonds. The van der Waals surface area contributed by atoms with Crippen LogP contribution in [0, 0.1) is 0 Å². The van der Waals surface area contributed by atoms with E-state index in [4.69, 9.17) is 0 Å². The molecule has 138 valence electrons. The van der Waals surface area contributed by atoms with Crippen molar-refractivity contribution in [3.05, 3.63) is 0 Å². The molecule has 0 spiro atoms. The molecule has 0 atom stereocenters. The number of hydrogen-bond donors (Lipinski definition) is 0. The van der Waals surface area contributed by atoms with Crippen LogP contribution in [0.4, 0.5) is 0 Å². The van der Waals surface area contributed by atoms with E-state index in [9.17, 15) is 0 Å². The topological polar surface area (TPSA) is 3.24 Å². The van der Waals surface area contributed by atoms with Gasteiger partial charge in [0.15, 0.2) is 0 Å². The molecule has 0 bridgehead atoms. The lowest BCUT2D eigenvalue weighted by atomic mass is 10.1. The lowest BCUT2D eigenvalue weighted by Gasteiger charge is -2.22. The molecule has 0 aromatic carbocycles. The van der Waals surface area contributed by atoms with Crippen molar-refractivity contribution in [2.45, 2.75) is 122 Å². The van der Waals surface area contributed by atoms with Crippen LogP contribution in [0.1, 0.15) is 122 Å². The van der Waals surface area contributed by atoms with Crippen LogP contribution < -0.4 is 0 Å². The van der Waals surface area contributed by atoms with E-state index < -0.39 is 0 Å². The average Bonchev–Trinajstić information content (AvgIpc) is 2.59. The summed E-state index contributed by atoms with van der Waals surface area (Å²) in [4.78, 5) is 2.79. The molecule has 23 heavy (non-hydrogen) atoms. The van der Waals surface area contributed by atoms with Gasteiger partial charge < -0.3 is 4.90 Å². The molecule has 0 aliphatic carbocycles. The Morgan fingerprint density at radius 3 is 1.35 bits per heavy atom. The van der Waals surface area contributed by atoms with Crippen LogP contribution in [0.15, 0.2) is 0 Å². The molecule has 1 heteroatoms. The van der Waals surface area contributed by atoms with Crippen molar-refractivity contribution in [3.8, 4) is 0 Å². The summed E-state index contributed by atoms with van der Waals surface area (Å²) >= 11 is 0. The Kier molecular flexibility index (Phi) is 15.3. The second-order valence-corrected chi connectivity index (χ2v) is 7.85. The van der Waals surface area contributed by atoms with Gasteiger partial charge in [-0.25, -0.2) is 0 Å². The quantitative estimate of drug-likeness (QED) is 0.401. The van der Waals surface area contributed by atoms with Crippen molar-refractivity contribution in [1.29, 1.82) is 0 Å². The zero-order valence-electron chi connectivity index (χ0n) is 16.3. The minimum absolute atomic E-state index is 1.37. The summed E-state index contributed by atoms with van der Waals surface area (Å²) in [5.41, 5.74) is 0. The van der Waals surface area contributed by atoms with Gasteiger partial charge in [-0.05, 0) is 38.9 Å². The third-order valence-electron chi connectivity index (χ3n) is 5.53. The van der Waals surface area contributed by atoms with Gasteiger partial charge in [0, 0.05) is 0 Å². The first-order valence-electron chi connectivity index (χ1n) is 11.2. The molecule has 0 aromatic rings. The van der Waals surface area contributed by atoms with Gasteiger partial charge in [0.05, 0.1) is 0 Å². The van der Waals surface area contributed by atoms with Gasteiger partial charge in [0.2, 0.25) is 0 Å². The van der Waals surface area contributed by atoms with Crippen LogP contribution in [0.3, 0.4) is 0 Å². The minimum atomic E-state index is 1.37. The molecule has 1 rings (SSSR count). The summed E-state index contributed by atoms with van der Waals surface area (Å²) < 4.78 is 0. The van der Waals surface area contributed by atoms with Gasteiger partial charge in [0.1, 0.15) is 0 Å². The van der Waals surface area contributed by atoms with Crippen molar-refractivity contribution in [2.24, 2.45) is 0 Å². The normalized spacial score (nSPS) is 19.7. The van der Waals surface area contributed by atoms with E-state index in [0.717, 1.165) is 0 Å². The molecule has 0 unspecified atom stereocenters. The molecular formula is C22H45N. The Morgan fingerprint density at radius 1 is 0.478 bits per heavy atom. The smallest absolute Gasteiger partial charge is 0.00187 e. The van der Waals surface area contributed by atoms with E-state index in [0.29, 0.717) is 0 Å². The molecule has 0 saturated carbocycles. The summed E-state index contributed by atoms with van der Waals surface area (Å²) in [6.07, 6.45) is 26.3. The molecule has 0 radical (unpaired) electrons. The number of hydrogen-bond acceptors (Lipinski definition) is 1. The summed E-state index contributed by atoms with van der Waals surface area (Å²) in [6, 6.07) is 0. The van der Waals surface area contributed by atoms with Gasteiger partial charge in [-0.3, -0.25) is 0 Å². The molecule has 1 nitrogen and oxygen atoms in total. The highest BCUT2D eigenvalue weighted by atomic mass is 15.1. The monoisotopic (exact) mass is 323 g/mol. The predicted octanol–water partition coefficient (Wildman–Crippen LogP) is 7.34. The maximum atomic E-state index is 2.79. The molecular weight excluding hydrogens is 278 g/mol. The van der Waals surface area contributed by atoms with Gasteiger partial charge in [-0.2, -0.15) is 0 Å². The minimum Gasteiger partial charge on any atom is -0.303 e. The lowest BCUT2D eigenvalue weighted by molar-refractivity contribution is 0.255. The third-order valence-corrected chi connectivity index (χ3v) is 5.53. The van der Waals surface area contributed by atoms with Crippen LogP contribution in [-0.2, 0) is 0 Å². The van der Waals surface area contributed by atoms with Crippen LogP contribution in [0.5, 0.6) is 0 Å². The van der Waals surface area contributed by atoms with Gasteiger partial charge in [-0.15, -0.1) is 0 Å². The molecule has 1 heterocycles. The first kappa shape index (κ1) is 21.0. The van der Waals surface area contributed by atoms with Crippen molar-refractivity contribution in [2.75, 3.05) is 19.6 Å². The summed E-state index contributed by atoms with van der Waals surface area (Å²) in [5.74, 6) is 0. The van der Waals surface area contributed by atoms with Crippen LogP contribution in [-0.4, -0.2) is 24.5 Å². The predicted molar refractivity (Wildman–Crippen MR) is 105 cm³/mol. The van der Waals surface area contributed by atoms with E-state index in [1.165, 1.54) is 135 Å². The van der Waals surface area contributed by atoms with Crippen molar-refractivity contribution in [3.63, 3.8) is 0 Å². The third kappa shape index (κ3) is 14.0. The van der Waals surface area contributed by atoms with E-state index in [1.807, 2.05) is 0 Å². The zero-order chi connectivity index (χ0) is 16.4. The number of unbranched alkanes of at least 4 members (excludes halogenated alkanes) is 7. The fourth-order valence-electron chi connectivity index (χ4n) is 3.89. The molecule has 0 N–H and O–H groups in total. The van der Waals surface area contributed by atoms with Gasteiger partial charge in [-0.1, -0.05) is 103 Å². The van der Waals surface area contributed by atoms with E-state index >= 15 is 0 Å². The first-order chi connectivity index (χ1) is 11.4. The molecule has 1 aliphatic rings. The Morgan fingerprint density at radius 2 is 0.870 bits per heavy atom. The fraction of sp³-hybridized carbons (Fsp3) is 1.00. The first-order valence-corrected chi connectivity index (χ1v) is 11.2. The Labute approximate surface area is 147 Å². The Bertz CT molecular complexity index is 212. The molecule has 1 saturated heterocycles. The van der Waals surface area contributed by atoms with Crippen LogP contribution in [0.2, 0.25) is 0 Å². The van der Waals surface area contributed by atoms with Crippen molar-refractivity contribution in [1.82, 2.24) is 4.90 Å². The largest absolute Gasteiger partial charge is 0.303 e. The summed E-state index contributed by atoms with van der Waals surface area (Å²) in [7, 11) is 0. The van der Waals surface area contributed by atoms with Crippen LogP contribution in [0.25, 0.3) is 0 Å². The Hall–Kier alpha value is -0.0400. The standard InChI is InChI=1S/C22H45N/c1-2-3-4-5-6-11-14-17-20-23-21-18-15-12-9-7-8-10-13-16-19-22-23/h2-22H2,1H3. The lowest BCUT2D eigenvalue weighted by Crippen LogP contribution is -2.27. The van der Waals surface area contributed by atoms with Gasteiger partial charge in [0.25, 0.3) is 0 Å². The van der Waals surface area contributed by atoms with Gasteiger partial charge >= 0.3 is 0 Å². The molecule has 1 aliphatic heterocycles. The highest BCUT2D eigenvalue weighted by molar-refractivity contribution is 4.61. The second kappa shape index (κ2) is 16.8. The maximum absolute atomic E-state index is 2.79. The highest BCUT2D eigenvalue weighted by Gasteiger charge is 2.05. The van der Waals surface area contributed by atoms with E-state index in [2.05, 4.69) is 11.8 Å². The maximum Gasteiger partial charge on any atom is -0.00187 e. The fourth-order valence-corrected chi connectivity index (χ4v) is 3.89. The van der Waals surface area contributed by atoms with E-state index in [1.54, 1.807) is 0 Å². The second-order valence-electron chi connectivity index (χ2n) is 7.85. The SMILES string of the molecule is CCCCCCCCCCN1CCCCCCCCCCCC1. The van der Waals surface area contributed by atoms with E-state index in [-0.39, 0.29) is 0 Å². The van der Waals surface area contributed by atoms with Crippen molar-refractivity contribution < 1.29 is 0 Å². The van der Waals surface area contributed by atoms with Crippen molar-refractivity contribution >= 4 is 0 Å². The zero-order valence-corrected chi connectivity index (χ0v) is 16.3. The molecule has 0 aromatic heterocycles. The molecule has 1 fully saturated rings. The summed E-state index contributed by atoms with van der Waals surface area (Å²) in [5, 5.41) is 0. The van der Waals surface area contributed by atoms with Crippen LogP contribution >= 0.6 is 0 Å². The number of rotatable bonds is 9. The number of nitrogens with zero attached hydrogens (tertiary/aromatic N) is 1. The Balaban J connectivity index is 2.05. The summed E-state index contributed by atoms with van der Waals surface area (Å²) in [6.45, 7) is 6.42. The average molecular weight is 324 g/mol.